The summed E-state index contributed by atoms with van der Waals surface area (Å²) >= 11 is 0. The summed E-state index contributed by atoms with van der Waals surface area (Å²) in [6, 6.07) is 15.7. The predicted molar refractivity (Wildman–Crippen MR) is 136 cm³/mol. The molecule has 4 bridgehead atoms. The van der Waals surface area contributed by atoms with Crippen molar-refractivity contribution < 1.29 is 18.0 Å². The van der Waals surface area contributed by atoms with Crippen LogP contribution in [0, 0.1) is 5.92 Å². The Morgan fingerprint density at radius 1 is 0.800 bits per heavy atom. The van der Waals surface area contributed by atoms with E-state index in [0.717, 1.165) is 32.9 Å². The Morgan fingerprint density at radius 3 is 1.71 bits per heavy atom. The minimum Gasteiger partial charge on any atom is -0.347 e. The highest BCUT2D eigenvalue weighted by molar-refractivity contribution is 7.90. The first-order chi connectivity index (χ1) is 16.8. The van der Waals surface area contributed by atoms with Gasteiger partial charge in [0.2, 0.25) is 0 Å². The number of hydrogen-bond acceptors (Lipinski definition) is 4. The first kappa shape index (κ1) is 21.9. The SMILES string of the molecule is CS(=O)(=O)CC1CCn2cc(c3ccccc32)C2=C(C(=O)NC2=O)c2cn(c3ccccc23)CC1. The molecule has 35 heavy (non-hydrogen) atoms. The molecule has 7 nitrogen and oxygen atoms in total. The molecule has 0 fully saturated rings. The molecule has 4 heterocycles. The van der Waals surface area contributed by atoms with E-state index >= 15 is 0 Å². The van der Waals surface area contributed by atoms with Gasteiger partial charge in [0.1, 0.15) is 9.84 Å². The van der Waals surface area contributed by atoms with Gasteiger partial charge in [-0.15, -0.1) is 0 Å². The Bertz CT molecular complexity index is 1570. The summed E-state index contributed by atoms with van der Waals surface area (Å²) in [5, 5.41) is 4.31. The maximum Gasteiger partial charge on any atom is 0.259 e. The van der Waals surface area contributed by atoms with Crippen LogP contribution in [0.2, 0.25) is 0 Å². The Kier molecular flexibility index (Phi) is 4.96. The van der Waals surface area contributed by atoms with Crippen LogP contribution in [0.25, 0.3) is 33.0 Å². The summed E-state index contributed by atoms with van der Waals surface area (Å²) < 4.78 is 28.6. The molecule has 2 aliphatic heterocycles. The Labute approximate surface area is 203 Å². The number of fused-ring (bicyclic) bond motifs is 12. The molecule has 6 rings (SSSR count). The van der Waals surface area contributed by atoms with Crippen LogP contribution >= 0.6 is 0 Å². The molecule has 0 unspecified atom stereocenters. The molecule has 0 atom stereocenters. The van der Waals surface area contributed by atoms with Crippen LogP contribution in [-0.2, 0) is 32.5 Å². The first-order valence-corrected chi connectivity index (χ1v) is 13.8. The minimum atomic E-state index is -3.15. The fourth-order valence-corrected chi connectivity index (χ4v) is 6.80. The summed E-state index contributed by atoms with van der Waals surface area (Å²) in [6.45, 7) is 1.24. The number of carbonyl (C=O) groups is 2. The number of rotatable bonds is 2. The highest BCUT2D eigenvalue weighted by Crippen LogP contribution is 2.39. The third kappa shape index (κ3) is 3.69. The van der Waals surface area contributed by atoms with Gasteiger partial charge >= 0.3 is 0 Å². The highest BCUT2D eigenvalue weighted by atomic mass is 32.2. The molecule has 8 heteroatoms. The number of carbonyl (C=O) groups excluding carboxylic acids is 2. The molecule has 0 saturated carbocycles. The predicted octanol–water partition coefficient (Wildman–Crippen LogP) is 3.62. The van der Waals surface area contributed by atoms with Crippen LogP contribution in [-0.4, -0.2) is 41.4 Å². The average molecular weight is 488 g/mol. The van der Waals surface area contributed by atoms with Gasteiger partial charge in [-0.3, -0.25) is 14.9 Å². The fourth-order valence-electron chi connectivity index (χ4n) is 5.61. The molecule has 2 aliphatic rings. The number of benzene rings is 2. The van der Waals surface area contributed by atoms with E-state index in [1.807, 2.05) is 60.9 Å². The Morgan fingerprint density at radius 2 is 1.26 bits per heavy atom. The van der Waals surface area contributed by atoms with Crippen molar-refractivity contribution in [2.24, 2.45) is 5.92 Å². The molecule has 178 valence electrons. The molecule has 1 N–H and O–H groups in total. The normalized spacial score (nSPS) is 17.3. The highest BCUT2D eigenvalue weighted by Gasteiger charge is 2.35. The molecule has 0 radical (unpaired) electrons. The van der Waals surface area contributed by atoms with E-state index in [0.29, 0.717) is 37.1 Å². The van der Waals surface area contributed by atoms with Crippen LogP contribution in [0.1, 0.15) is 24.0 Å². The van der Waals surface area contributed by atoms with E-state index in [1.165, 1.54) is 6.26 Å². The third-order valence-electron chi connectivity index (χ3n) is 7.14. The van der Waals surface area contributed by atoms with Crippen molar-refractivity contribution in [2.45, 2.75) is 25.9 Å². The monoisotopic (exact) mass is 487 g/mol. The molecular weight excluding hydrogens is 462 g/mol. The largest absolute Gasteiger partial charge is 0.347 e. The van der Waals surface area contributed by atoms with E-state index in [1.54, 1.807) is 0 Å². The topological polar surface area (TPSA) is 90.2 Å². The minimum absolute atomic E-state index is 0.0234. The quantitative estimate of drug-likeness (QED) is 0.438. The lowest BCUT2D eigenvalue weighted by molar-refractivity contribution is -0.122. The molecule has 2 aromatic carbocycles. The van der Waals surface area contributed by atoms with Gasteiger partial charge in [0.25, 0.3) is 11.8 Å². The third-order valence-corrected chi connectivity index (χ3v) is 8.22. The second kappa shape index (κ2) is 7.95. The number of nitrogens with one attached hydrogen (secondary N) is 1. The van der Waals surface area contributed by atoms with E-state index in [9.17, 15) is 18.0 Å². The molecule has 2 amide bonds. The zero-order chi connectivity index (χ0) is 24.3. The van der Waals surface area contributed by atoms with Gasteiger partial charge in [0.05, 0.1) is 16.9 Å². The summed E-state index contributed by atoms with van der Waals surface area (Å²) in [7, 11) is -3.15. The van der Waals surface area contributed by atoms with Crippen molar-refractivity contribution in [3.63, 3.8) is 0 Å². The van der Waals surface area contributed by atoms with Crippen LogP contribution < -0.4 is 5.32 Å². The molecule has 0 saturated heterocycles. The van der Waals surface area contributed by atoms with Gasteiger partial charge in [-0.25, -0.2) is 8.42 Å². The van der Waals surface area contributed by atoms with E-state index in [-0.39, 0.29) is 11.7 Å². The lowest BCUT2D eigenvalue weighted by Crippen LogP contribution is -2.22. The van der Waals surface area contributed by atoms with Gasteiger partial charge in [-0.05, 0) is 30.9 Å². The van der Waals surface area contributed by atoms with Gasteiger partial charge in [-0.2, -0.15) is 0 Å². The van der Waals surface area contributed by atoms with Gasteiger partial charge in [-0.1, -0.05) is 36.4 Å². The maximum absolute atomic E-state index is 13.1. The van der Waals surface area contributed by atoms with Crippen LogP contribution in [0.15, 0.2) is 60.9 Å². The average Bonchev–Trinajstić information content (AvgIpc) is 3.45. The number of imide groups is 1. The standard InChI is InChI=1S/C27H25N3O4S/c1-35(33,34)16-17-10-12-29-14-20(18-6-2-4-8-22(18)29)24-25(27(32)28-26(24)31)21-15-30(13-11-17)23-9-5-3-7-19(21)23/h2-9,14-15,17H,10-13,16H2,1H3,(H,28,31,32). The van der Waals surface area contributed by atoms with E-state index < -0.39 is 21.7 Å². The van der Waals surface area contributed by atoms with Crippen molar-refractivity contribution >= 4 is 54.6 Å². The number of amides is 2. The zero-order valence-corrected chi connectivity index (χ0v) is 20.1. The van der Waals surface area contributed by atoms with Crippen molar-refractivity contribution in [3.05, 3.63) is 72.1 Å². The van der Waals surface area contributed by atoms with Crippen molar-refractivity contribution in [1.82, 2.24) is 14.5 Å². The van der Waals surface area contributed by atoms with Crippen molar-refractivity contribution in [1.29, 1.82) is 0 Å². The smallest absolute Gasteiger partial charge is 0.259 e. The number of hydrogen-bond donors (Lipinski definition) is 1. The number of para-hydroxylation sites is 2. The summed E-state index contributed by atoms with van der Waals surface area (Å²) in [5.74, 6) is -0.686. The zero-order valence-electron chi connectivity index (χ0n) is 19.3. The van der Waals surface area contributed by atoms with E-state index in [4.69, 9.17) is 0 Å². The summed E-state index contributed by atoms with van der Waals surface area (Å²) in [5.41, 5.74) is 4.13. The van der Waals surface area contributed by atoms with E-state index in [2.05, 4.69) is 14.5 Å². The molecular formula is C27H25N3O4S. The second-order valence-corrected chi connectivity index (χ2v) is 11.8. The van der Waals surface area contributed by atoms with Crippen LogP contribution in [0.4, 0.5) is 0 Å². The second-order valence-electron chi connectivity index (χ2n) is 9.58. The van der Waals surface area contributed by atoms with Gasteiger partial charge < -0.3 is 9.13 Å². The van der Waals surface area contributed by atoms with Crippen LogP contribution in [0.5, 0.6) is 0 Å². The number of aryl methyl sites for hydroxylation is 2. The fraction of sp³-hybridized carbons (Fsp3) is 0.259. The lowest BCUT2D eigenvalue weighted by atomic mass is 9.95. The first-order valence-electron chi connectivity index (χ1n) is 11.7. The number of nitrogens with zero attached hydrogens (tertiary/aromatic N) is 2. The summed E-state index contributed by atoms with van der Waals surface area (Å²) in [4.78, 5) is 26.3. The Balaban J connectivity index is 1.65. The number of aromatic nitrogens is 2. The number of sulfone groups is 1. The molecule has 0 spiro atoms. The molecule has 2 aromatic heterocycles. The maximum atomic E-state index is 13.1. The molecule has 4 aromatic rings. The van der Waals surface area contributed by atoms with Crippen molar-refractivity contribution in [2.75, 3.05) is 12.0 Å². The van der Waals surface area contributed by atoms with Gasteiger partial charge in [0, 0.05) is 64.7 Å². The van der Waals surface area contributed by atoms with Gasteiger partial charge in [0.15, 0.2) is 0 Å². The molecule has 0 aliphatic carbocycles. The summed E-state index contributed by atoms with van der Waals surface area (Å²) in [6.07, 6.45) is 6.54. The Hall–Kier alpha value is -3.65. The lowest BCUT2D eigenvalue weighted by Gasteiger charge is -2.18. The van der Waals surface area contributed by atoms with Crippen LogP contribution in [0.3, 0.4) is 0 Å². The van der Waals surface area contributed by atoms with Crippen molar-refractivity contribution in [3.8, 4) is 0 Å².